The number of para-hydroxylation sites is 4. The van der Waals surface area contributed by atoms with Gasteiger partial charge in [-0.3, -0.25) is 57.5 Å². The number of amides is 12. The quantitative estimate of drug-likeness (QED) is 0.0236. The van der Waals surface area contributed by atoms with Crippen LogP contribution in [0.5, 0.6) is 0 Å². The lowest BCUT2D eigenvalue weighted by Gasteiger charge is -2.30. The maximum atomic E-state index is 15.3. The first-order valence-electron chi connectivity index (χ1n) is 42.8. The second-order valence-electron chi connectivity index (χ2n) is 31.5. The summed E-state index contributed by atoms with van der Waals surface area (Å²) in [5, 5.41) is 31.4. The molecule has 35 heteroatoms. The van der Waals surface area contributed by atoms with E-state index in [0.29, 0.717) is 125 Å². The van der Waals surface area contributed by atoms with E-state index in [4.69, 9.17) is 45.9 Å². The van der Waals surface area contributed by atoms with Crippen LogP contribution in [-0.2, 0) is 83.2 Å². The average molecular weight is 1690 g/mol. The van der Waals surface area contributed by atoms with Gasteiger partial charge in [0.05, 0.1) is 12.6 Å². The lowest BCUT2D eigenvalue weighted by Crippen LogP contribution is -2.60. The van der Waals surface area contributed by atoms with E-state index in [2.05, 4.69) is 73.1 Å². The van der Waals surface area contributed by atoms with E-state index in [-0.39, 0.29) is 96.9 Å². The van der Waals surface area contributed by atoms with Crippen LogP contribution in [0.4, 0.5) is 0 Å². The molecule has 30 N–H and O–H groups in total. The average Bonchev–Trinajstić information content (AvgIpc) is 1.66. The molecule has 0 saturated carbocycles. The fraction of sp³-hybridized carbons (Fsp3) is 0.494. The molecule has 12 amide bonds. The van der Waals surface area contributed by atoms with Gasteiger partial charge in [0.2, 0.25) is 70.9 Å². The van der Waals surface area contributed by atoms with E-state index >= 15 is 19.2 Å². The second-order valence-corrected chi connectivity index (χ2v) is 31.5. The van der Waals surface area contributed by atoms with E-state index in [0.717, 1.165) is 43.6 Å². The van der Waals surface area contributed by atoms with Crippen molar-refractivity contribution in [3.8, 4) is 0 Å². The predicted octanol–water partition coefficient (Wildman–Crippen LogP) is 0.939. The molecular weight excluding hydrogens is 1560 g/mol. The zero-order valence-electron chi connectivity index (χ0n) is 69.5. The summed E-state index contributed by atoms with van der Waals surface area (Å²) >= 11 is 0. The number of aromatic nitrogens is 4. The molecule has 1 saturated heterocycles. The highest BCUT2D eigenvalue weighted by molar-refractivity contribution is 6.01. The van der Waals surface area contributed by atoms with E-state index in [9.17, 15) is 38.4 Å². The Balaban J connectivity index is 0.908. The van der Waals surface area contributed by atoms with E-state index in [1.54, 1.807) is 24.8 Å². The number of aromatic amines is 4. The number of benzene rings is 4. The van der Waals surface area contributed by atoms with Crippen molar-refractivity contribution in [2.75, 3.05) is 52.4 Å². The lowest BCUT2D eigenvalue weighted by atomic mass is 10.0. The lowest BCUT2D eigenvalue weighted by molar-refractivity contribution is -0.142. The van der Waals surface area contributed by atoms with Gasteiger partial charge >= 0.3 is 0 Å². The molecule has 4 aromatic carbocycles. The van der Waals surface area contributed by atoms with Crippen molar-refractivity contribution in [3.63, 3.8) is 0 Å². The molecule has 9 rings (SSSR count). The molecule has 0 aliphatic carbocycles. The molecule has 8 aromatic rings. The van der Waals surface area contributed by atoms with Crippen LogP contribution in [0.2, 0.25) is 0 Å². The highest BCUT2D eigenvalue weighted by Gasteiger charge is 2.41. The number of H-pyrrole nitrogens is 4. The van der Waals surface area contributed by atoms with Crippen LogP contribution < -0.4 is 99.0 Å². The Morgan fingerprint density at radius 1 is 0.344 bits per heavy atom. The van der Waals surface area contributed by atoms with Crippen molar-refractivity contribution in [2.45, 2.75) is 221 Å². The summed E-state index contributed by atoms with van der Waals surface area (Å²) in [5.74, 6) is -8.70. The number of likely N-dealkylation sites (tertiary alicyclic amines) is 1. The fourth-order valence-corrected chi connectivity index (χ4v) is 15.6. The van der Waals surface area contributed by atoms with Crippen LogP contribution in [0.25, 0.3) is 43.6 Å². The highest BCUT2D eigenvalue weighted by atomic mass is 16.2. The monoisotopic (exact) mass is 1680 g/mol. The zero-order chi connectivity index (χ0) is 87.5. The first kappa shape index (κ1) is 94.3. The zero-order valence-corrected chi connectivity index (χ0v) is 69.5. The van der Waals surface area contributed by atoms with Crippen molar-refractivity contribution in [3.05, 3.63) is 144 Å². The van der Waals surface area contributed by atoms with Gasteiger partial charge in [-0.1, -0.05) is 79.2 Å². The van der Waals surface area contributed by atoms with E-state index in [1.807, 2.05) is 97.1 Å². The van der Waals surface area contributed by atoms with Gasteiger partial charge in [-0.2, -0.15) is 0 Å². The normalized spacial score (nSPS) is 15.2. The van der Waals surface area contributed by atoms with Gasteiger partial charge in [0.25, 0.3) is 0 Å². The van der Waals surface area contributed by atoms with Crippen molar-refractivity contribution in [1.29, 1.82) is 0 Å². The second kappa shape index (κ2) is 48.7. The molecule has 0 radical (unpaired) electrons. The number of hydrogen-bond acceptors (Lipinski definition) is 19. The number of hydrogen-bond donors (Lipinski definition) is 22. The molecule has 35 nitrogen and oxygen atoms in total. The van der Waals surface area contributed by atoms with Crippen molar-refractivity contribution in [2.24, 2.45) is 45.9 Å². The molecular formula is C87H125N23O12. The first-order chi connectivity index (χ1) is 59.1. The minimum atomic E-state index is -1.41. The van der Waals surface area contributed by atoms with Crippen molar-refractivity contribution in [1.82, 2.24) is 78.0 Å². The number of fused-ring (bicyclic) bond motifs is 4. The number of carbonyl (C=O) groups is 12. The van der Waals surface area contributed by atoms with Gasteiger partial charge in [0, 0.05) is 101 Å². The molecule has 0 spiro atoms. The largest absolute Gasteiger partial charge is 0.368 e. The topological polar surface area (TPSA) is 600 Å². The van der Waals surface area contributed by atoms with E-state index in [1.165, 1.54) is 4.90 Å². The molecule has 5 heterocycles. The maximum absolute atomic E-state index is 15.3. The summed E-state index contributed by atoms with van der Waals surface area (Å²) in [6.45, 7) is 1.20. The molecule has 122 heavy (non-hydrogen) atoms. The summed E-state index contributed by atoms with van der Waals surface area (Å²) in [7, 11) is 0. The van der Waals surface area contributed by atoms with Gasteiger partial charge < -0.3 is 124 Å². The van der Waals surface area contributed by atoms with Gasteiger partial charge in [-0.15, -0.1) is 0 Å². The van der Waals surface area contributed by atoms with Crippen LogP contribution in [0.15, 0.2) is 122 Å². The van der Waals surface area contributed by atoms with Gasteiger partial charge in [-0.05, 0) is 208 Å². The summed E-state index contributed by atoms with van der Waals surface area (Å²) < 4.78 is 0. The van der Waals surface area contributed by atoms with Crippen molar-refractivity contribution < 1.29 is 57.5 Å². The summed E-state index contributed by atoms with van der Waals surface area (Å²) in [4.78, 5) is 189. The third-order valence-electron chi connectivity index (χ3n) is 22.4. The Kier molecular flexibility index (Phi) is 37.7. The van der Waals surface area contributed by atoms with Crippen LogP contribution in [0.1, 0.15) is 151 Å². The summed E-state index contributed by atoms with van der Waals surface area (Å²) in [6.07, 6.45) is 13.4. The SMILES string of the molecule is NCCCC[C@@H](N)C(=O)N[C@H](Cc1c[nH]c2ccccc12)C(=O)N[C@H](CCCCN)C(=O)N[C@H](Cc1c[nH]c2ccccc12)C(=O)N[C@H](CCCCN)C(=O)N1CCC[C@@H]1C(=O)NCC(=O)N[C@H](CCCCN)C(=O)N[C@H](Cc1c[nH]c2ccccc12)C(=O)N[C@H](CCCCN)C(=O)N[C@H](Cc1c[nH]c2ccccc12)C(=O)N[C@H](CCCCN)C(N)=O. The third-order valence-corrected chi connectivity index (χ3v) is 22.4. The Morgan fingerprint density at radius 3 is 0.967 bits per heavy atom. The number of nitrogens with one attached hydrogen (secondary N) is 14. The maximum Gasteiger partial charge on any atom is 0.245 e. The van der Waals surface area contributed by atoms with Gasteiger partial charge in [0.1, 0.15) is 60.4 Å². The molecule has 0 bridgehead atoms. The minimum Gasteiger partial charge on any atom is -0.368 e. The Bertz CT molecular complexity index is 4790. The smallest absolute Gasteiger partial charge is 0.245 e. The molecule has 11 atom stereocenters. The standard InChI is InChI=1S/C87H125N23O12/c88-37-15-9-26-61(94)78(113)106-71(44-53-48-96-62-27-5-1-22-57(53)62)83(118)103-68(33-12-18-40-91)81(116)109-74(47-56-51-99-65-30-8-4-25-60(56)65)85(120)105-70(35-14-20-42-93)87(122)110-43-21-36-75(110)86(121)100-52-76(111)101-67(32-11-17-39-90)79(114)107-73(46-55-50-98-64-29-7-3-24-59(55)64)84(119)104-69(34-13-19-41-92)80(115)108-72(45-54-49-97-63-28-6-2-23-58(54)63)82(117)102-66(77(95)112)31-10-16-38-89/h1-8,22-25,27-30,48-51,61,66-75,96-99H,9-21,26,31-47,52,88-94H2,(H2,95,112)(H,100,121)(H,101,111)(H,102,117)(H,103,118)(H,104,119)(H,105,120)(H,106,113)(H,107,114)(H,108,115)(H,109,116)/t61-,66-,67-,68-,69-,70-,71-,72-,73-,74-,75-/m1/s1. The summed E-state index contributed by atoms with van der Waals surface area (Å²) in [6, 6.07) is 15.9. The van der Waals surface area contributed by atoms with Crippen LogP contribution in [-0.4, -0.2) is 215 Å². The van der Waals surface area contributed by atoms with E-state index < -0.39 is 144 Å². The molecule has 0 unspecified atom stereocenters. The number of carbonyl (C=O) groups excluding carboxylic acids is 12. The Morgan fingerprint density at radius 2 is 0.623 bits per heavy atom. The third kappa shape index (κ3) is 27.5. The highest BCUT2D eigenvalue weighted by Crippen LogP contribution is 2.26. The number of unbranched alkanes of at least 4 members (excludes halogenated alkanes) is 6. The first-order valence-corrected chi connectivity index (χ1v) is 42.8. The number of nitrogens with two attached hydrogens (primary N) is 8. The van der Waals surface area contributed by atoms with Crippen LogP contribution in [0, 0.1) is 0 Å². The molecule has 1 aliphatic heterocycles. The molecule has 660 valence electrons. The Labute approximate surface area is 709 Å². The van der Waals surface area contributed by atoms with Crippen LogP contribution in [0.3, 0.4) is 0 Å². The fourth-order valence-electron chi connectivity index (χ4n) is 15.6. The number of nitrogens with zero attached hydrogens (tertiary/aromatic N) is 1. The summed E-state index contributed by atoms with van der Waals surface area (Å²) in [5.41, 5.74) is 53.2. The van der Waals surface area contributed by atoms with Gasteiger partial charge in [-0.25, -0.2) is 0 Å². The number of rotatable bonds is 54. The minimum absolute atomic E-state index is 0.0145. The van der Waals surface area contributed by atoms with Crippen molar-refractivity contribution >= 4 is 114 Å². The predicted molar refractivity (Wildman–Crippen MR) is 468 cm³/mol. The number of primary amides is 1. The molecule has 1 fully saturated rings. The molecule has 4 aromatic heterocycles. The molecule has 1 aliphatic rings. The Hall–Kier alpha value is -11.6. The van der Waals surface area contributed by atoms with Crippen LogP contribution >= 0.6 is 0 Å². The van der Waals surface area contributed by atoms with Gasteiger partial charge in [0.15, 0.2) is 0 Å².